The standard InChI is InChI=1S/C40H54N10O8/c1-21(34(51)45-22(2)35(52)47-24(4)37(54)50-33(40(57)58)18-26-20-44-31-15-8-6-12-28(26)31)46-36(53)23(3)48-39(56)32(49-38(55)29(42)13-9-10-16-41)17-25-19-43-30-14-7-5-11-27(25)30/h5-8,11-12,14-15,19-24,29,32-33,43-44H,9-10,13,16-18,41-42H2,1-4H3,(H,45,51)(H,46,53)(H,47,52)(H,48,56)(H,49,55)(H,50,54)(H,57,58)/t21-,22-,23-,24-,29-,32-,33-/m0/s1. The summed E-state index contributed by atoms with van der Waals surface area (Å²) in [5.74, 6) is -5.36. The molecule has 4 rings (SSSR count). The fraction of sp³-hybridized carbons (Fsp3) is 0.425. The van der Waals surface area contributed by atoms with Crippen LogP contribution in [0.2, 0.25) is 0 Å². The maximum Gasteiger partial charge on any atom is 0.326 e. The molecule has 0 spiro atoms. The summed E-state index contributed by atoms with van der Waals surface area (Å²) in [5.41, 5.74) is 14.8. The Morgan fingerprint density at radius 1 is 0.569 bits per heavy atom. The van der Waals surface area contributed by atoms with Crippen LogP contribution in [0.3, 0.4) is 0 Å². The molecule has 58 heavy (non-hydrogen) atoms. The van der Waals surface area contributed by atoms with Crippen LogP contribution in [0.1, 0.15) is 58.1 Å². The molecule has 18 nitrogen and oxygen atoms in total. The zero-order valence-electron chi connectivity index (χ0n) is 33.0. The second kappa shape index (κ2) is 20.8. The van der Waals surface area contributed by atoms with Crippen molar-refractivity contribution < 1.29 is 38.7 Å². The third kappa shape index (κ3) is 12.1. The number of para-hydroxylation sites is 2. The van der Waals surface area contributed by atoms with Crippen LogP contribution in [-0.4, -0.2) is 105 Å². The number of aromatic nitrogens is 2. The molecule has 0 aliphatic heterocycles. The van der Waals surface area contributed by atoms with Gasteiger partial charge in [0, 0.05) is 47.0 Å². The van der Waals surface area contributed by atoms with Gasteiger partial charge in [0.2, 0.25) is 35.4 Å². The summed E-state index contributed by atoms with van der Waals surface area (Å²) in [7, 11) is 0. The van der Waals surface area contributed by atoms with Crippen LogP contribution in [0.5, 0.6) is 0 Å². The number of aromatic amines is 2. The number of H-pyrrole nitrogens is 2. The van der Waals surface area contributed by atoms with Gasteiger partial charge in [0.1, 0.15) is 36.3 Å². The Bertz CT molecular complexity index is 2100. The van der Waals surface area contributed by atoms with Crippen molar-refractivity contribution in [2.45, 2.75) is 102 Å². The molecule has 6 amide bonds. The lowest BCUT2D eigenvalue weighted by Gasteiger charge is -2.24. The van der Waals surface area contributed by atoms with E-state index in [1.165, 1.54) is 27.7 Å². The van der Waals surface area contributed by atoms with Crippen LogP contribution in [0.25, 0.3) is 21.8 Å². The van der Waals surface area contributed by atoms with Crippen LogP contribution < -0.4 is 43.4 Å². The number of benzene rings is 2. The Labute approximate surface area is 335 Å². The van der Waals surface area contributed by atoms with E-state index >= 15 is 0 Å². The minimum Gasteiger partial charge on any atom is -0.480 e. The molecule has 2 aromatic heterocycles. The minimum atomic E-state index is -1.28. The van der Waals surface area contributed by atoms with Crippen molar-refractivity contribution in [3.63, 3.8) is 0 Å². The van der Waals surface area contributed by atoms with Crippen LogP contribution in [0, 0.1) is 0 Å². The molecule has 312 valence electrons. The van der Waals surface area contributed by atoms with E-state index in [1.54, 1.807) is 12.4 Å². The molecule has 18 heteroatoms. The van der Waals surface area contributed by atoms with Crippen molar-refractivity contribution in [3.8, 4) is 0 Å². The zero-order valence-corrected chi connectivity index (χ0v) is 33.0. The Morgan fingerprint density at radius 3 is 1.41 bits per heavy atom. The van der Waals surface area contributed by atoms with E-state index in [1.807, 2.05) is 48.5 Å². The average molecular weight is 803 g/mol. The highest BCUT2D eigenvalue weighted by Gasteiger charge is 2.30. The summed E-state index contributed by atoms with van der Waals surface area (Å²) >= 11 is 0. The fourth-order valence-electron chi connectivity index (χ4n) is 6.26. The van der Waals surface area contributed by atoms with Gasteiger partial charge in [0.15, 0.2) is 0 Å². The third-order valence-electron chi connectivity index (χ3n) is 9.76. The number of carboxylic acids is 1. The number of carbonyl (C=O) groups is 7. The van der Waals surface area contributed by atoms with E-state index in [9.17, 15) is 38.7 Å². The van der Waals surface area contributed by atoms with E-state index in [0.717, 1.165) is 27.4 Å². The first-order valence-electron chi connectivity index (χ1n) is 19.2. The first-order valence-corrected chi connectivity index (χ1v) is 19.2. The summed E-state index contributed by atoms with van der Waals surface area (Å²) in [6.45, 7) is 6.01. The van der Waals surface area contributed by atoms with E-state index < -0.39 is 83.7 Å². The Morgan fingerprint density at radius 2 is 0.966 bits per heavy atom. The lowest BCUT2D eigenvalue weighted by Crippen LogP contribution is -2.58. The number of carboxylic acid groups (broad SMARTS) is 1. The highest BCUT2D eigenvalue weighted by Crippen LogP contribution is 2.20. The molecule has 4 aromatic rings. The predicted molar refractivity (Wildman–Crippen MR) is 217 cm³/mol. The molecule has 2 aromatic carbocycles. The Balaban J connectivity index is 1.28. The number of unbranched alkanes of at least 4 members (excludes halogenated alkanes) is 1. The van der Waals surface area contributed by atoms with Crippen molar-refractivity contribution >= 4 is 63.2 Å². The van der Waals surface area contributed by atoms with Crippen molar-refractivity contribution in [1.29, 1.82) is 0 Å². The number of hydrogen-bond acceptors (Lipinski definition) is 9. The number of fused-ring (bicyclic) bond motifs is 2. The van der Waals surface area contributed by atoms with Crippen molar-refractivity contribution in [2.75, 3.05) is 6.54 Å². The SMILES string of the molecule is C[C@H](NC(=O)[C@H](C)NC(=O)[C@H](C)NC(=O)[C@H](Cc1c[nH]c2ccccc12)NC(=O)[C@@H](N)CCCCN)C(=O)N[C@@H](C)C(=O)N[C@@H](Cc1c[nH]c2ccccc12)C(=O)O. The van der Waals surface area contributed by atoms with E-state index in [2.05, 4.69) is 41.9 Å². The molecule has 0 saturated heterocycles. The highest BCUT2D eigenvalue weighted by molar-refractivity contribution is 5.97. The zero-order chi connectivity index (χ0) is 42.5. The molecular formula is C40H54N10O8. The maximum atomic E-state index is 13.6. The number of rotatable bonds is 21. The predicted octanol–water partition coefficient (Wildman–Crippen LogP) is -0.0363. The minimum absolute atomic E-state index is 0.00303. The topological polar surface area (TPSA) is 296 Å². The summed E-state index contributed by atoms with van der Waals surface area (Å²) in [5, 5.41) is 26.7. The van der Waals surface area contributed by atoms with E-state index in [0.29, 0.717) is 31.4 Å². The Kier molecular flexibility index (Phi) is 15.9. The number of carbonyl (C=O) groups excluding carboxylic acids is 6. The van der Waals surface area contributed by atoms with Crippen LogP contribution in [0.4, 0.5) is 0 Å². The highest BCUT2D eigenvalue weighted by atomic mass is 16.4. The van der Waals surface area contributed by atoms with Gasteiger partial charge in [-0.25, -0.2) is 4.79 Å². The largest absolute Gasteiger partial charge is 0.480 e. The quantitative estimate of drug-likeness (QED) is 0.0500. The van der Waals surface area contributed by atoms with Gasteiger partial charge in [-0.3, -0.25) is 28.8 Å². The molecule has 13 N–H and O–H groups in total. The molecule has 2 heterocycles. The normalized spacial score (nSPS) is 14.9. The first-order chi connectivity index (χ1) is 27.6. The second-order valence-corrected chi connectivity index (χ2v) is 14.4. The lowest BCUT2D eigenvalue weighted by atomic mass is 10.0. The van der Waals surface area contributed by atoms with Crippen LogP contribution >= 0.6 is 0 Å². The number of hydrogen-bond donors (Lipinski definition) is 11. The van der Waals surface area contributed by atoms with Gasteiger partial charge in [0.25, 0.3) is 0 Å². The summed E-state index contributed by atoms with van der Waals surface area (Å²) in [6, 6.07) is 6.95. The van der Waals surface area contributed by atoms with Gasteiger partial charge in [0.05, 0.1) is 6.04 Å². The van der Waals surface area contributed by atoms with Gasteiger partial charge >= 0.3 is 5.97 Å². The second-order valence-electron chi connectivity index (χ2n) is 14.4. The molecule has 7 atom stereocenters. The molecule has 0 bridgehead atoms. The number of amides is 6. The number of nitrogens with one attached hydrogen (secondary N) is 8. The number of aliphatic carboxylic acids is 1. The molecule has 0 unspecified atom stereocenters. The third-order valence-corrected chi connectivity index (χ3v) is 9.76. The molecule has 0 saturated carbocycles. The van der Waals surface area contributed by atoms with Crippen molar-refractivity contribution in [2.24, 2.45) is 11.5 Å². The van der Waals surface area contributed by atoms with E-state index in [-0.39, 0.29) is 12.8 Å². The maximum absolute atomic E-state index is 13.6. The van der Waals surface area contributed by atoms with E-state index in [4.69, 9.17) is 11.5 Å². The fourth-order valence-corrected chi connectivity index (χ4v) is 6.26. The Hall–Kier alpha value is -6.27. The van der Waals surface area contributed by atoms with Gasteiger partial charge < -0.3 is 58.4 Å². The number of nitrogens with two attached hydrogens (primary N) is 2. The molecule has 0 fully saturated rings. The van der Waals surface area contributed by atoms with Crippen LogP contribution in [0.15, 0.2) is 60.9 Å². The van der Waals surface area contributed by atoms with Crippen molar-refractivity contribution in [3.05, 3.63) is 72.1 Å². The monoisotopic (exact) mass is 802 g/mol. The molecule has 0 aliphatic carbocycles. The van der Waals surface area contributed by atoms with Gasteiger partial charge in [-0.1, -0.05) is 42.8 Å². The summed E-state index contributed by atoms with van der Waals surface area (Å²) < 4.78 is 0. The lowest BCUT2D eigenvalue weighted by molar-refractivity contribution is -0.142. The van der Waals surface area contributed by atoms with Crippen LogP contribution in [-0.2, 0) is 46.4 Å². The summed E-state index contributed by atoms with van der Waals surface area (Å²) in [4.78, 5) is 96.7. The smallest absolute Gasteiger partial charge is 0.326 e. The van der Waals surface area contributed by atoms with Gasteiger partial charge in [-0.15, -0.1) is 0 Å². The van der Waals surface area contributed by atoms with Gasteiger partial charge in [-0.2, -0.15) is 0 Å². The van der Waals surface area contributed by atoms with Gasteiger partial charge in [-0.05, 0) is 70.3 Å². The van der Waals surface area contributed by atoms with Crippen molar-refractivity contribution in [1.82, 2.24) is 41.9 Å². The summed E-state index contributed by atoms with van der Waals surface area (Å²) in [6.07, 6.45) is 5.21. The first kappa shape index (κ1) is 44.4. The molecular weight excluding hydrogens is 749 g/mol. The average Bonchev–Trinajstić information content (AvgIpc) is 3.80. The molecule has 0 radical (unpaired) electrons. The molecule has 0 aliphatic rings.